The molecule has 1 saturated heterocycles. The molecule has 2 rings (SSSR count). The first-order valence-corrected chi connectivity index (χ1v) is 6.84. The van der Waals surface area contributed by atoms with Gasteiger partial charge in [-0.1, -0.05) is 27.3 Å². The van der Waals surface area contributed by atoms with E-state index in [1.807, 2.05) is 6.92 Å². The van der Waals surface area contributed by atoms with Gasteiger partial charge in [-0.05, 0) is 25.7 Å². The summed E-state index contributed by atoms with van der Waals surface area (Å²) in [6.07, 6.45) is 2.54. The molecule has 0 unspecified atom stereocenters. The Morgan fingerprint density at radius 3 is 2.64 bits per heavy atom. The predicted octanol–water partition coefficient (Wildman–Crippen LogP) is 2.46. The van der Waals surface area contributed by atoms with E-state index in [2.05, 4.69) is 31.0 Å². The second-order valence-corrected chi connectivity index (χ2v) is 5.50. The fourth-order valence-corrected chi connectivity index (χ4v) is 3.08. The molecule has 2 heterocycles. The van der Waals surface area contributed by atoms with Crippen LogP contribution in [0.3, 0.4) is 0 Å². The Morgan fingerprint density at radius 1 is 1.43 bits per heavy atom. The van der Waals surface area contributed by atoms with Gasteiger partial charge in [-0.3, -0.25) is 0 Å². The first-order chi connectivity index (χ1) is 6.79. The normalized spacial score (nSPS) is 18.9. The van der Waals surface area contributed by atoms with E-state index in [1.54, 1.807) is 11.3 Å². The molecular formula is C9H14BrN3S. The third kappa shape index (κ3) is 2.25. The number of aryl methyl sites for hydroxylation is 1. The molecule has 0 spiro atoms. The van der Waals surface area contributed by atoms with Crippen molar-refractivity contribution in [3.8, 4) is 0 Å². The van der Waals surface area contributed by atoms with Gasteiger partial charge in [-0.15, -0.1) is 10.2 Å². The average Bonchev–Trinajstić information content (AvgIpc) is 2.65. The lowest BCUT2D eigenvalue weighted by atomic mass is 10.00. The lowest BCUT2D eigenvalue weighted by Crippen LogP contribution is -2.34. The topological polar surface area (TPSA) is 29.0 Å². The van der Waals surface area contributed by atoms with Gasteiger partial charge in [0, 0.05) is 18.4 Å². The summed E-state index contributed by atoms with van der Waals surface area (Å²) in [5, 5.41) is 11.5. The number of halogens is 1. The number of hydrogen-bond donors (Lipinski definition) is 0. The second-order valence-electron chi connectivity index (χ2n) is 3.69. The number of nitrogens with zero attached hydrogens (tertiary/aromatic N) is 3. The van der Waals surface area contributed by atoms with Gasteiger partial charge in [0.1, 0.15) is 5.01 Å². The van der Waals surface area contributed by atoms with Crippen LogP contribution in [0.25, 0.3) is 0 Å². The fraction of sp³-hybridized carbons (Fsp3) is 0.778. The van der Waals surface area contributed by atoms with Gasteiger partial charge in [0.15, 0.2) is 0 Å². The minimum absolute atomic E-state index is 0.847. The van der Waals surface area contributed by atoms with E-state index in [9.17, 15) is 0 Å². The molecule has 0 atom stereocenters. The van der Waals surface area contributed by atoms with Crippen molar-refractivity contribution in [2.75, 3.05) is 23.3 Å². The summed E-state index contributed by atoms with van der Waals surface area (Å²) in [5.41, 5.74) is 0. The van der Waals surface area contributed by atoms with Crippen molar-refractivity contribution >= 4 is 32.4 Å². The van der Waals surface area contributed by atoms with Crippen molar-refractivity contribution in [3.63, 3.8) is 0 Å². The maximum atomic E-state index is 4.17. The minimum atomic E-state index is 0.847. The van der Waals surface area contributed by atoms with Gasteiger partial charge in [-0.2, -0.15) is 0 Å². The summed E-state index contributed by atoms with van der Waals surface area (Å²) in [7, 11) is 0. The molecule has 1 aliphatic rings. The molecule has 3 nitrogen and oxygen atoms in total. The number of aromatic nitrogens is 2. The van der Waals surface area contributed by atoms with E-state index in [-0.39, 0.29) is 0 Å². The average molecular weight is 276 g/mol. The van der Waals surface area contributed by atoms with Crippen LogP contribution in [-0.2, 0) is 0 Å². The van der Waals surface area contributed by atoms with Crippen molar-refractivity contribution in [3.05, 3.63) is 5.01 Å². The Balaban J connectivity index is 1.95. The Hall–Kier alpha value is -0.160. The van der Waals surface area contributed by atoms with Crippen LogP contribution in [0.15, 0.2) is 0 Å². The molecule has 78 valence electrons. The maximum absolute atomic E-state index is 4.17. The molecule has 1 aromatic rings. The highest BCUT2D eigenvalue weighted by Gasteiger charge is 2.20. The molecule has 14 heavy (non-hydrogen) atoms. The fourth-order valence-electron chi connectivity index (χ4n) is 1.69. The largest absolute Gasteiger partial charge is 0.347 e. The van der Waals surface area contributed by atoms with E-state index >= 15 is 0 Å². The van der Waals surface area contributed by atoms with E-state index in [0.717, 1.165) is 34.5 Å². The zero-order valence-corrected chi connectivity index (χ0v) is 10.6. The predicted molar refractivity (Wildman–Crippen MR) is 63.4 cm³/mol. The standard InChI is InChI=1S/C9H14BrN3S/c1-7-11-12-9(14-7)13-4-2-8(6-10)3-5-13/h8H,2-6H2,1H3. The van der Waals surface area contributed by atoms with E-state index in [4.69, 9.17) is 0 Å². The van der Waals surface area contributed by atoms with Crippen molar-refractivity contribution < 1.29 is 0 Å². The number of rotatable bonds is 2. The Labute approximate surface area is 96.7 Å². The van der Waals surface area contributed by atoms with Gasteiger partial charge in [-0.25, -0.2) is 0 Å². The Morgan fingerprint density at radius 2 is 2.14 bits per heavy atom. The van der Waals surface area contributed by atoms with Gasteiger partial charge < -0.3 is 4.90 Å². The Bertz CT molecular complexity index is 294. The monoisotopic (exact) mass is 275 g/mol. The van der Waals surface area contributed by atoms with Gasteiger partial charge in [0.05, 0.1) is 0 Å². The van der Waals surface area contributed by atoms with Crippen LogP contribution < -0.4 is 4.90 Å². The van der Waals surface area contributed by atoms with Gasteiger partial charge in [0.25, 0.3) is 0 Å². The van der Waals surface area contributed by atoms with Crippen LogP contribution in [0, 0.1) is 12.8 Å². The molecule has 1 aliphatic heterocycles. The van der Waals surface area contributed by atoms with Crippen LogP contribution in [0.5, 0.6) is 0 Å². The number of piperidine rings is 1. The summed E-state index contributed by atoms with van der Waals surface area (Å²) in [5.74, 6) is 0.847. The Kier molecular flexibility index (Phi) is 3.38. The lowest BCUT2D eigenvalue weighted by Gasteiger charge is -2.30. The third-order valence-electron chi connectivity index (χ3n) is 2.62. The van der Waals surface area contributed by atoms with Crippen molar-refractivity contribution in [1.82, 2.24) is 10.2 Å². The lowest BCUT2D eigenvalue weighted by molar-refractivity contribution is 0.446. The summed E-state index contributed by atoms with van der Waals surface area (Å²) < 4.78 is 0. The zero-order chi connectivity index (χ0) is 9.97. The summed E-state index contributed by atoms with van der Waals surface area (Å²) in [6.45, 7) is 4.27. The van der Waals surface area contributed by atoms with E-state index in [0.29, 0.717) is 0 Å². The maximum Gasteiger partial charge on any atom is 0.208 e. The van der Waals surface area contributed by atoms with Crippen LogP contribution in [-0.4, -0.2) is 28.6 Å². The molecule has 0 bridgehead atoms. The molecule has 5 heteroatoms. The van der Waals surface area contributed by atoms with Gasteiger partial charge >= 0.3 is 0 Å². The first kappa shape index (κ1) is 10.4. The number of anilines is 1. The highest BCUT2D eigenvalue weighted by atomic mass is 79.9. The van der Waals surface area contributed by atoms with Crippen LogP contribution in [0.2, 0.25) is 0 Å². The summed E-state index contributed by atoms with van der Waals surface area (Å²) in [4.78, 5) is 2.35. The molecule has 0 aromatic carbocycles. The number of alkyl halides is 1. The highest BCUT2D eigenvalue weighted by Crippen LogP contribution is 2.26. The molecule has 1 fully saturated rings. The van der Waals surface area contributed by atoms with E-state index in [1.165, 1.54) is 12.8 Å². The summed E-state index contributed by atoms with van der Waals surface area (Å²) in [6, 6.07) is 0. The van der Waals surface area contributed by atoms with E-state index < -0.39 is 0 Å². The van der Waals surface area contributed by atoms with Crippen molar-refractivity contribution in [2.24, 2.45) is 5.92 Å². The van der Waals surface area contributed by atoms with Crippen molar-refractivity contribution in [1.29, 1.82) is 0 Å². The second kappa shape index (κ2) is 4.57. The van der Waals surface area contributed by atoms with Crippen LogP contribution in [0.4, 0.5) is 5.13 Å². The third-order valence-corrected chi connectivity index (χ3v) is 4.43. The zero-order valence-electron chi connectivity index (χ0n) is 8.24. The quantitative estimate of drug-likeness (QED) is 0.777. The van der Waals surface area contributed by atoms with Crippen molar-refractivity contribution in [2.45, 2.75) is 19.8 Å². The van der Waals surface area contributed by atoms with Crippen LogP contribution >= 0.6 is 27.3 Å². The molecule has 0 amide bonds. The minimum Gasteiger partial charge on any atom is -0.347 e. The molecule has 1 aromatic heterocycles. The smallest absolute Gasteiger partial charge is 0.208 e. The molecule has 0 radical (unpaired) electrons. The SMILES string of the molecule is Cc1nnc(N2CCC(CBr)CC2)s1. The number of hydrogen-bond acceptors (Lipinski definition) is 4. The highest BCUT2D eigenvalue weighted by molar-refractivity contribution is 9.09. The van der Waals surface area contributed by atoms with Crippen LogP contribution in [0.1, 0.15) is 17.8 Å². The van der Waals surface area contributed by atoms with Gasteiger partial charge in [0.2, 0.25) is 5.13 Å². The first-order valence-electron chi connectivity index (χ1n) is 4.90. The molecule has 0 N–H and O–H groups in total. The molecular weight excluding hydrogens is 262 g/mol. The molecule has 0 saturated carbocycles. The molecule has 0 aliphatic carbocycles. The summed E-state index contributed by atoms with van der Waals surface area (Å²) >= 11 is 5.24.